The Hall–Kier alpha value is -3.69. The van der Waals surface area contributed by atoms with Gasteiger partial charge < -0.3 is 30.7 Å². The van der Waals surface area contributed by atoms with Crippen LogP contribution in [0.15, 0.2) is 53.9 Å². The van der Waals surface area contributed by atoms with E-state index in [1.54, 1.807) is 12.4 Å². The Balaban J connectivity index is 1.39. The number of hydrogen-bond donors (Lipinski definition) is 3. The molecule has 0 saturated carbocycles. The number of nitrogens with two attached hydrogens (primary N) is 1. The van der Waals surface area contributed by atoms with Gasteiger partial charge in [0, 0.05) is 61.7 Å². The zero-order valence-corrected chi connectivity index (χ0v) is 20.9. The Morgan fingerprint density at radius 1 is 1.39 bits per heavy atom. The lowest BCUT2D eigenvalue weighted by Crippen LogP contribution is -2.45. The van der Waals surface area contributed by atoms with Crippen LogP contribution in [0.4, 0.5) is 5.82 Å². The summed E-state index contributed by atoms with van der Waals surface area (Å²) in [4.78, 5) is 23.6. The van der Waals surface area contributed by atoms with E-state index in [0.29, 0.717) is 31.9 Å². The first-order valence-electron chi connectivity index (χ1n) is 12.1. The first-order chi connectivity index (χ1) is 17.4. The smallest absolute Gasteiger partial charge is 0.251 e. The Kier molecular flexibility index (Phi) is 8.35. The number of carbonyl (C=O) groups excluding carboxylic acids is 1. The zero-order valence-electron chi connectivity index (χ0n) is 20.9. The second-order valence-electron chi connectivity index (χ2n) is 9.06. The number of rotatable bonds is 9. The van der Waals surface area contributed by atoms with Crippen LogP contribution in [-0.2, 0) is 17.7 Å². The monoisotopic (exact) mass is 490 g/mol. The van der Waals surface area contributed by atoms with Crippen LogP contribution in [0.2, 0.25) is 0 Å². The number of anilines is 1. The number of benzene rings is 1. The lowest BCUT2D eigenvalue weighted by Gasteiger charge is -2.30. The largest absolute Gasteiger partial charge is 0.492 e. The van der Waals surface area contributed by atoms with Crippen LogP contribution < -0.4 is 21.1 Å². The van der Waals surface area contributed by atoms with Gasteiger partial charge in [0.25, 0.3) is 5.91 Å². The van der Waals surface area contributed by atoms with Crippen molar-refractivity contribution in [3.8, 4) is 5.75 Å². The number of hydrogen-bond acceptors (Lipinski definition) is 8. The van der Waals surface area contributed by atoms with Crippen molar-refractivity contribution in [1.29, 1.82) is 0 Å². The summed E-state index contributed by atoms with van der Waals surface area (Å²) < 4.78 is 11.7. The number of pyridine rings is 1. The highest BCUT2D eigenvalue weighted by Crippen LogP contribution is 2.37. The lowest BCUT2D eigenvalue weighted by atomic mass is 10.0. The van der Waals surface area contributed by atoms with Crippen LogP contribution in [0.25, 0.3) is 5.57 Å². The van der Waals surface area contributed by atoms with Gasteiger partial charge in [-0.1, -0.05) is 18.7 Å². The average molecular weight is 491 g/mol. The highest BCUT2D eigenvalue weighted by atomic mass is 16.5. The molecule has 3 heterocycles. The number of ether oxygens (including phenoxy) is 2. The van der Waals surface area contributed by atoms with Gasteiger partial charge in [0.05, 0.1) is 19.3 Å². The van der Waals surface area contributed by atoms with E-state index < -0.39 is 0 Å². The maximum Gasteiger partial charge on any atom is 0.251 e. The molecule has 9 nitrogen and oxygen atoms in total. The minimum atomic E-state index is -0.102. The van der Waals surface area contributed by atoms with Crippen molar-refractivity contribution in [2.75, 3.05) is 45.2 Å². The van der Waals surface area contributed by atoms with Crippen LogP contribution in [0.5, 0.6) is 5.75 Å². The number of aromatic nitrogens is 1. The van der Waals surface area contributed by atoms with E-state index >= 15 is 0 Å². The molecule has 1 aromatic heterocycles. The molecule has 1 fully saturated rings. The first kappa shape index (κ1) is 25.4. The van der Waals surface area contributed by atoms with Gasteiger partial charge in [-0.3, -0.25) is 4.79 Å². The number of likely N-dealkylation sites (N-methyl/N-ethyl adjacent to an activating group) is 1. The maximum absolute atomic E-state index is 12.7. The maximum atomic E-state index is 12.7. The Bertz CT molecular complexity index is 1180. The molecule has 4 N–H and O–H groups in total. The van der Waals surface area contributed by atoms with E-state index in [4.69, 9.17) is 15.2 Å². The fourth-order valence-corrected chi connectivity index (χ4v) is 4.26. The minimum Gasteiger partial charge on any atom is -0.492 e. The molecule has 9 heteroatoms. The van der Waals surface area contributed by atoms with Crippen LogP contribution in [-0.4, -0.2) is 68.0 Å². The average Bonchev–Trinajstić information content (AvgIpc) is 3.36. The van der Waals surface area contributed by atoms with Crippen LogP contribution in [0.1, 0.15) is 34.0 Å². The molecule has 0 aliphatic carbocycles. The van der Waals surface area contributed by atoms with E-state index in [0.717, 1.165) is 53.3 Å². The molecule has 190 valence electrons. The van der Waals surface area contributed by atoms with Crippen molar-refractivity contribution in [3.63, 3.8) is 0 Å². The molecule has 2 aromatic rings. The van der Waals surface area contributed by atoms with E-state index in [-0.39, 0.29) is 17.8 Å². The third kappa shape index (κ3) is 6.50. The van der Waals surface area contributed by atoms with Gasteiger partial charge in [0.2, 0.25) is 0 Å². The summed E-state index contributed by atoms with van der Waals surface area (Å²) in [5.41, 5.74) is 10.0. The second kappa shape index (κ2) is 11.8. The number of aliphatic imine (C=N–C) groups is 1. The summed E-state index contributed by atoms with van der Waals surface area (Å²) >= 11 is 0. The summed E-state index contributed by atoms with van der Waals surface area (Å²) in [6.07, 6.45) is 6.08. The molecular formula is C27H34N6O3. The van der Waals surface area contributed by atoms with Crippen LogP contribution in [0.3, 0.4) is 0 Å². The second-order valence-corrected chi connectivity index (χ2v) is 9.06. The summed E-state index contributed by atoms with van der Waals surface area (Å²) in [6.45, 7) is 9.61. The van der Waals surface area contributed by atoms with E-state index in [1.165, 1.54) is 0 Å². The summed E-state index contributed by atoms with van der Waals surface area (Å²) in [6, 6.07) is 7.61. The third-order valence-electron chi connectivity index (χ3n) is 6.20. The summed E-state index contributed by atoms with van der Waals surface area (Å²) in [5.74, 6) is 1.78. The quantitative estimate of drug-likeness (QED) is 0.463. The Morgan fingerprint density at radius 2 is 2.25 bits per heavy atom. The third-order valence-corrected chi connectivity index (χ3v) is 6.20. The lowest BCUT2D eigenvalue weighted by molar-refractivity contribution is -0.0175. The van der Waals surface area contributed by atoms with Crippen LogP contribution in [0, 0.1) is 0 Å². The predicted octanol–water partition coefficient (Wildman–Crippen LogP) is 2.59. The highest BCUT2D eigenvalue weighted by molar-refractivity contribution is 5.94. The number of allylic oxidation sites excluding steroid dienone is 2. The molecule has 0 spiro atoms. The summed E-state index contributed by atoms with van der Waals surface area (Å²) in [5, 5.41) is 6.41. The number of morpholine rings is 1. The van der Waals surface area contributed by atoms with Gasteiger partial charge in [-0.2, -0.15) is 0 Å². The number of nitrogens with one attached hydrogen (secondary N) is 2. The van der Waals surface area contributed by atoms with Crippen molar-refractivity contribution < 1.29 is 14.3 Å². The van der Waals surface area contributed by atoms with Gasteiger partial charge in [-0.15, -0.1) is 0 Å². The van der Waals surface area contributed by atoms with Gasteiger partial charge in [0.1, 0.15) is 17.4 Å². The number of amides is 1. The number of carbonyl (C=O) groups is 1. The number of fused-ring (bicyclic) bond motifs is 1. The van der Waals surface area contributed by atoms with Crippen LogP contribution >= 0.6 is 0 Å². The topological polar surface area (TPSA) is 114 Å². The first-order valence-corrected chi connectivity index (χ1v) is 12.1. The molecule has 1 amide bonds. The zero-order chi connectivity index (χ0) is 25.5. The fraction of sp³-hybridized carbons (Fsp3) is 0.370. The molecule has 36 heavy (non-hydrogen) atoms. The molecule has 1 aromatic carbocycles. The fourth-order valence-electron chi connectivity index (χ4n) is 4.26. The normalized spacial score (nSPS) is 18.1. The van der Waals surface area contributed by atoms with Crippen molar-refractivity contribution in [3.05, 3.63) is 71.2 Å². The van der Waals surface area contributed by atoms with Crippen molar-refractivity contribution in [2.45, 2.75) is 26.0 Å². The Morgan fingerprint density at radius 3 is 3.06 bits per heavy atom. The van der Waals surface area contributed by atoms with Gasteiger partial charge in [0.15, 0.2) is 0 Å². The van der Waals surface area contributed by atoms with Crippen molar-refractivity contribution >= 4 is 23.5 Å². The van der Waals surface area contributed by atoms with E-state index in [2.05, 4.69) is 39.1 Å². The molecule has 1 unspecified atom stereocenters. The molecule has 0 bridgehead atoms. The Labute approximate surface area is 212 Å². The van der Waals surface area contributed by atoms with E-state index in [1.807, 2.05) is 37.3 Å². The van der Waals surface area contributed by atoms with Gasteiger partial charge >= 0.3 is 0 Å². The molecule has 1 saturated heterocycles. The number of nitrogens with zero attached hydrogens (tertiary/aromatic N) is 3. The highest BCUT2D eigenvalue weighted by Gasteiger charge is 2.22. The SMILES string of the molecule is C=C(N)/N=C\C=C(/C)c1cnc(NCc2cccc(C(=O)NCC3CN(C)CCO3)c2)c2c1OCC2. The summed E-state index contributed by atoms with van der Waals surface area (Å²) in [7, 11) is 2.06. The van der Waals surface area contributed by atoms with E-state index in [9.17, 15) is 4.79 Å². The molecule has 1 atom stereocenters. The minimum absolute atomic E-state index is 0.0156. The van der Waals surface area contributed by atoms with Gasteiger partial charge in [-0.05, 0) is 43.3 Å². The predicted molar refractivity (Wildman–Crippen MR) is 142 cm³/mol. The van der Waals surface area contributed by atoms with Crippen molar-refractivity contribution in [1.82, 2.24) is 15.2 Å². The molecule has 4 rings (SSSR count). The van der Waals surface area contributed by atoms with Gasteiger partial charge in [-0.25, -0.2) is 9.98 Å². The molecule has 0 radical (unpaired) electrons. The standard InChI is InChI=1S/C27H34N6O3/c1-18(7-9-29-19(2)28)24-16-31-26(23-8-11-36-25(23)24)30-14-20-5-4-6-21(13-20)27(34)32-15-22-17-33(3)10-12-35-22/h4-7,9,13,16,22H,2,8,10-12,14-15,17,28H2,1,3H3,(H,30,31)(H,32,34)/b18-7+,29-9-. The van der Waals surface area contributed by atoms with Crippen molar-refractivity contribution in [2.24, 2.45) is 10.7 Å². The molecule has 2 aliphatic heterocycles. The molecule has 2 aliphatic rings. The molecular weight excluding hydrogens is 456 g/mol.